The van der Waals surface area contributed by atoms with Crippen LogP contribution in [0.15, 0.2) is 0 Å². The third-order valence-corrected chi connectivity index (χ3v) is 6.91. The van der Waals surface area contributed by atoms with E-state index in [4.69, 9.17) is 16.3 Å². The van der Waals surface area contributed by atoms with Gasteiger partial charge in [-0.15, -0.1) is 11.6 Å². The Kier molecular flexibility index (Phi) is 9.53. The van der Waals surface area contributed by atoms with E-state index in [1.165, 1.54) is 0 Å². The number of hydrogen-bond acceptors (Lipinski definition) is 2. The number of rotatable bonds is 10. The number of alkyl halides is 1. The Morgan fingerprint density at radius 3 is 1.72 bits per heavy atom. The zero-order valence-electron chi connectivity index (χ0n) is 12.4. The van der Waals surface area contributed by atoms with E-state index in [-0.39, 0.29) is 12.5 Å². The highest BCUT2D eigenvalue weighted by Gasteiger charge is 2.34. The standard InChI is InChI=1S/C12H28ClN2O2P/c1-6-14(7-2)18(16,15(8-3)9-4)11-17-12(5)10-13/h12H,6-11H2,1-5H3/t12-/m1/s1. The quantitative estimate of drug-likeness (QED) is 0.457. The Morgan fingerprint density at radius 2 is 1.44 bits per heavy atom. The number of ether oxygens (including phenoxy) is 1. The maximum atomic E-state index is 13.2. The minimum absolute atomic E-state index is 0.0638. The van der Waals surface area contributed by atoms with Gasteiger partial charge >= 0.3 is 0 Å². The molecule has 1 atom stereocenters. The summed E-state index contributed by atoms with van der Waals surface area (Å²) in [6, 6.07) is 0. The molecular weight excluding hydrogens is 271 g/mol. The van der Waals surface area contributed by atoms with Gasteiger partial charge in [-0.1, -0.05) is 27.7 Å². The van der Waals surface area contributed by atoms with E-state index in [2.05, 4.69) is 0 Å². The van der Waals surface area contributed by atoms with Crippen molar-refractivity contribution >= 4 is 19.0 Å². The lowest BCUT2D eigenvalue weighted by molar-refractivity contribution is 0.108. The van der Waals surface area contributed by atoms with Crippen LogP contribution >= 0.6 is 19.0 Å². The van der Waals surface area contributed by atoms with Crippen LogP contribution in [0.5, 0.6) is 0 Å². The third-order valence-electron chi connectivity index (χ3n) is 3.09. The predicted octanol–water partition coefficient (Wildman–Crippen LogP) is 3.46. The highest BCUT2D eigenvalue weighted by Crippen LogP contribution is 2.52. The monoisotopic (exact) mass is 298 g/mol. The van der Waals surface area contributed by atoms with Gasteiger partial charge in [0.25, 0.3) is 0 Å². The number of nitrogens with zero attached hydrogens (tertiary/aromatic N) is 2. The Hall–Kier alpha value is 0.400. The second kappa shape index (κ2) is 9.33. The summed E-state index contributed by atoms with van der Waals surface area (Å²) in [6.07, 6.45) is 0.190. The van der Waals surface area contributed by atoms with Crippen LogP contribution in [0.3, 0.4) is 0 Å². The van der Waals surface area contributed by atoms with Crippen LogP contribution in [0.1, 0.15) is 34.6 Å². The second-order valence-corrected chi connectivity index (χ2v) is 7.23. The van der Waals surface area contributed by atoms with Crippen LogP contribution < -0.4 is 0 Å². The third kappa shape index (κ3) is 4.82. The molecule has 0 aromatic heterocycles. The van der Waals surface area contributed by atoms with Crippen molar-refractivity contribution in [1.29, 1.82) is 0 Å². The normalized spacial score (nSPS) is 14.4. The van der Waals surface area contributed by atoms with E-state index >= 15 is 0 Å². The molecule has 0 aliphatic heterocycles. The van der Waals surface area contributed by atoms with Crippen molar-refractivity contribution in [2.24, 2.45) is 0 Å². The van der Waals surface area contributed by atoms with Crippen LogP contribution in [0.4, 0.5) is 0 Å². The van der Waals surface area contributed by atoms with Gasteiger partial charge < -0.3 is 4.74 Å². The minimum Gasteiger partial charge on any atom is -0.367 e. The lowest BCUT2D eigenvalue weighted by Gasteiger charge is -2.37. The summed E-state index contributed by atoms with van der Waals surface area (Å²) in [5.41, 5.74) is 0. The van der Waals surface area contributed by atoms with Crippen molar-refractivity contribution < 1.29 is 9.30 Å². The molecule has 0 spiro atoms. The summed E-state index contributed by atoms with van der Waals surface area (Å²) in [7, 11) is -2.62. The van der Waals surface area contributed by atoms with Gasteiger partial charge in [0.05, 0.1) is 6.10 Å². The van der Waals surface area contributed by atoms with E-state index in [1.54, 1.807) is 0 Å². The van der Waals surface area contributed by atoms with E-state index in [1.807, 2.05) is 44.0 Å². The van der Waals surface area contributed by atoms with Gasteiger partial charge in [0.1, 0.15) is 6.35 Å². The number of hydrogen-bond donors (Lipinski definition) is 0. The molecule has 0 saturated heterocycles. The molecule has 110 valence electrons. The fourth-order valence-electron chi connectivity index (χ4n) is 1.94. The first kappa shape index (κ1) is 18.4. The van der Waals surface area contributed by atoms with Crippen LogP contribution in [-0.2, 0) is 9.30 Å². The summed E-state index contributed by atoms with van der Waals surface area (Å²) >= 11 is 5.73. The van der Waals surface area contributed by atoms with E-state index in [9.17, 15) is 4.57 Å². The molecule has 0 bridgehead atoms. The Labute approximate surface area is 117 Å². The molecule has 4 nitrogen and oxygen atoms in total. The maximum absolute atomic E-state index is 13.2. The zero-order valence-corrected chi connectivity index (χ0v) is 14.0. The predicted molar refractivity (Wildman–Crippen MR) is 79.6 cm³/mol. The highest BCUT2D eigenvalue weighted by atomic mass is 35.5. The Morgan fingerprint density at radius 1 is 1.06 bits per heavy atom. The van der Waals surface area contributed by atoms with E-state index in [0.717, 1.165) is 26.2 Å². The molecule has 0 rings (SSSR count). The topological polar surface area (TPSA) is 32.8 Å². The van der Waals surface area contributed by atoms with Gasteiger partial charge in [0.2, 0.25) is 7.44 Å². The average Bonchev–Trinajstić information content (AvgIpc) is 2.38. The summed E-state index contributed by atoms with van der Waals surface area (Å²) in [4.78, 5) is 0. The Bertz CT molecular complexity index is 242. The van der Waals surface area contributed by atoms with Crippen molar-refractivity contribution in [3.63, 3.8) is 0 Å². The van der Waals surface area contributed by atoms with Gasteiger partial charge in [-0.3, -0.25) is 4.57 Å². The first-order valence-electron chi connectivity index (χ1n) is 6.77. The van der Waals surface area contributed by atoms with Gasteiger partial charge in [0, 0.05) is 32.1 Å². The molecule has 0 unspecified atom stereocenters. The first-order valence-corrected chi connectivity index (χ1v) is 9.10. The van der Waals surface area contributed by atoms with E-state index in [0.29, 0.717) is 5.88 Å². The van der Waals surface area contributed by atoms with Crippen LogP contribution in [-0.4, -0.2) is 53.9 Å². The molecule has 0 N–H and O–H groups in total. The van der Waals surface area contributed by atoms with Gasteiger partial charge in [-0.05, 0) is 6.92 Å². The largest absolute Gasteiger partial charge is 0.367 e. The molecule has 0 fully saturated rings. The van der Waals surface area contributed by atoms with Gasteiger partial charge in [0.15, 0.2) is 0 Å². The zero-order chi connectivity index (χ0) is 14.2. The molecule has 18 heavy (non-hydrogen) atoms. The summed E-state index contributed by atoms with van der Waals surface area (Å²) in [5.74, 6) is 0.427. The van der Waals surface area contributed by atoms with E-state index < -0.39 is 7.44 Å². The van der Waals surface area contributed by atoms with Crippen LogP contribution in [0, 0.1) is 0 Å². The highest BCUT2D eigenvalue weighted by molar-refractivity contribution is 7.58. The lowest BCUT2D eigenvalue weighted by Crippen LogP contribution is -2.34. The van der Waals surface area contributed by atoms with Gasteiger partial charge in [-0.25, -0.2) is 9.34 Å². The van der Waals surface area contributed by atoms with Crippen LogP contribution in [0.2, 0.25) is 0 Å². The van der Waals surface area contributed by atoms with Crippen molar-refractivity contribution in [3.8, 4) is 0 Å². The Balaban J connectivity index is 4.95. The fraction of sp³-hybridized carbons (Fsp3) is 1.00. The summed E-state index contributed by atoms with van der Waals surface area (Å²) < 4.78 is 22.9. The molecule has 0 amide bonds. The smallest absolute Gasteiger partial charge is 0.241 e. The molecular formula is C12H28ClN2O2P. The summed E-state index contributed by atoms with van der Waals surface area (Å²) in [5, 5.41) is 0. The molecule has 0 aromatic carbocycles. The first-order chi connectivity index (χ1) is 8.49. The molecule has 0 heterocycles. The van der Waals surface area contributed by atoms with Crippen molar-refractivity contribution in [2.75, 3.05) is 38.4 Å². The SMILES string of the molecule is CCN(CC)P(=O)(CO[C@H](C)CCl)N(CC)CC. The molecule has 0 aliphatic rings. The lowest BCUT2D eigenvalue weighted by atomic mass is 10.5. The molecule has 6 heteroatoms. The molecule has 0 saturated carbocycles. The second-order valence-electron chi connectivity index (χ2n) is 4.20. The van der Waals surface area contributed by atoms with Crippen molar-refractivity contribution in [2.45, 2.75) is 40.7 Å². The van der Waals surface area contributed by atoms with Crippen molar-refractivity contribution in [3.05, 3.63) is 0 Å². The summed E-state index contributed by atoms with van der Waals surface area (Å²) in [6.45, 7) is 13.1. The molecule has 0 aromatic rings. The van der Waals surface area contributed by atoms with Crippen molar-refractivity contribution in [1.82, 2.24) is 9.34 Å². The van der Waals surface area contributed by atoms with Gasteiger partial charge in [-0.2, -0.15) is 0 Å². The minimum atomic E-state index is -2.62. The molecule has 0 radical (unpaired) electrons. The maximum Gasteiger partial charge on any atom is 0.241 e. The average molecular weight is 299 g/mol. The fourth-order valence-corrected chi connectivity index (χ4v) is 4.93. The number of halogens is 1. The molecule has 0 aliphatic carbocycles. The van der Waals surface area contributed by atoms with Crippen LogP contribution in [0.25, 0.3) is 0 Å².